The molecule has 8 nitrogen and oxygen atoms in total. The molecule has 0 bridgehead atoms. The van der Waals surface area contributed by atoms with Gasteiger partial charge in [-0.25, -0.2) is 4.99 Å². The Bertz CT molecular complexity index is 698. The lowest BCUT2D eigenvalue weighted by Crippen LogP contribution is -2.53. The zero-order valence-electron chi connectivity index (χ0n) is 19.3. The molecule has 0 aliphatic carbocycles. The summed E-state index contributed by atoms with van der Waals surface area (Å²) in [5.74, 6) is 2.76. The van der Waals surface area contributed by atoms with Crippen molar-refractivity contribution in [2.24, 2.45) is 10.9 Å². The Labute approximate surface area is 203 Å². The molecule has 1 aromatic rings. The van der Waals surface area contributed by atoms with Gasteiger partial charge in [0.1, 0.15) is 17.1 Å². The minimum absolute atomic E-state index is 0. The summed E-state index contributed by atoms with van der Waals surface area (Å²) in [6.45, 7) is 14.5. The fraction of sp³-hybridized carbons (Fsp3) is 0.773. The molecule has 1 aromatic heterocycles. The van der Waals surface area contributed by atoms with Gasteiger partial charge in [0.05, 0.1) is 26.4 Å². The number of nitrogens with zero attached hydrogens (tertiary/aromatic N) is 2. The van der Waals surface area contributed by atoms with Gasteiger partial charge in [0.15, 0.2) is 5.96 Å². The van der Waals surface area contributed by atoms with Crippen molar-refractivity contribution >= 4 is 29.9 Å². The number of hydrogen-bond acceptors (Lipinski definition) is 6. The first-order valence-electron chi connectivity index (χ1n) is 11.1. The van der Waals surface area contributed by atoms with Crippen molar-refractivity contribution in [3.8, 4) is 0 Å². The maximum Gasteiger partial charge on any atom is 0.191 e. The number of aryl methyl sites for hydroxylation is 2. The second-order valence-electron chi connectivity index (χ2n) is 8.52. The average molecular weight is 550 g/mol. The standard InChI is InChI=1S/C22H38N4O4.HI/c1-5-23-21(25-15-22(4,27)19-12-16(2)30-17(19)3)24-13-20(18-6-9-29-14-18)26-7-10-28-11-8-26;/h12,18,20,27H,5-11,13-15H2,1-4H3,(H2,23,24,25);1H. The number of ether oxygens (including phenoxy) is 2. The first-order chi connectivity index (χ1) is 14.4. The number of aliphatic hydroxyl groups is 1. The van der Waals surface area contributed by atoms with Crippen LogP contribution in [0.4, 0.5) is 0 Å². The van der Waals surface area contributed by atoms with Gasteiger partial charge < -0.3 is 29.6 Å². The lowest BCUT2D eigenvalue weighted by atomic mass is 9.96. The fourth-order valence-corrected chi connectivity index (χ4v) is 4.39. The van der Waals surface area contributed by atoms with E-state index in [0.29, 0.717) is 17.9 Å². The fourth-order valence-electron chi connectivity index (χ4n) is 4.39. The smallest absolute Gasteiger partial charge is 0.191 e. The highest BCUT2D eigenvalue weighted by Gasteiger charge is 2.32. The molecule has 0 aromatic carbocycles. The molecule has 0 spiro atoms. The van der Waals surface area contributed by atoms with Crippen LogP contribution in [0, 0.1) is 19.8 Å². The SMILES string of the molecule is CCNC(=NCC(C)(O)c1cc(C)oc1C)NCC(C1CCOC1)N1CCOCC1.I. The van der Waals surface area contributed by atoms with E-state index >= 15 is 0 Å². The molecule has 0 amide bonds. The number of morpholine rings is 1. The monoisotopic (exact) mass is 550 g/mol. The largest absolute Gasteiger partial charge is 0.466 e. The van der Waals surface area contributed by atoms with E-state index in [1.807, 2.05) is 26.8 Å². The summed E-state index contributed by atoms with van der Waals surface area (Å²) in [5.41, 5.74) is -0.304. The molecular formula is C22H39IN4O4. The summed E-state index contributed by atoms with van der Waals surface area (Å²) in [6, 6.07) is 2.26. The number of halogens is 1. The van der Waals surface area contributed by atoms with Gasteiger partial charge in [-0.05, 0) is 40.2 Å². The number of hydrogen-bond donors (Lipinski definition) is 3. The molecule has 2 aliphatic rings. The highest BCUT2D eigenvalue weighted by molar-refractivity contribution is 14.0. The van der Waals surface area contributed by atoms with E-state index in [1.165, 1.54) is 0 Å². The maximum atomic E-state index is 11.0. The van der Waals surface area contributed by atoms with Crippen LogP contribution >= 0.6 is 24.0 Å². The Hall–Kier alpha value is -0.880. The molecule has 2 saturated heterocycles. The summed E-state index contributed by atoms with van der Waals surface area (Å²) >= 11 is 0. The van der Waals surface area contributed by atoms with Gasteiger partial charge in [0.2, 0.25) is 0 Å². The molecule has 0 saturated carbocycles. The van der Waals surface area contributed by atoms with Crippen molar-refractivity contribution in [3.05, 3.63) is 23.2 Å². The minimum atomic E-state index is -1.09. The van der Waals surface area contributed by atoms with Gasteiger partial charge >= 0.3 is 0 Å². The summed E-state index contributed by atoms with van der Waals surface area (Å²) < 4.78 is 16.8. The van der Waals surface area contributed by atoms with Gasteiger partial charge in [0, 0.05) is 50.3 Å². The van der Waals surface area contributed by atoms with Crippen LogP contribution in [-0.2, 0) is 15.1 Å². The van der Waals surface area contributed by atoms with E-state index in [4.69, 9.17) is 13.9 Å². The average Bonchev–Trinajstić information content (AvgIpc) is 3.37. The second kappa shape index (κ2) is 12.4. The van der Waals surface area contributed by atoms with Gasteiger partial charge in [0.25, 0.3) is 0 Å². The molecule has 3 atom stereocenters. The van der Waals surface area contributed by atoms with Crippen LogP contribution in [0.25, 0.3) is 0 Å². The molecule has 3 heterocycles. The number of guanidine groups is 1. The van der Waals surface area contributed by atoms with Crippen LogP contribution in [0.2, 0.25) is 0 Å². The van der Waals surface area contributed by atoms with Crippen LogP contribution in [0.5, 0.6) is 0 Å². The van der Waals surface area contributed by atoms with Crippen LogP contribution in [0.15, 0.2) is 15.5 Å². The summed E-state index contributed by atoms with van der Waals surface area (Å²) in [7, 11) is 0. The predicted octanol–water partition coefficient (Wildman–Crippen LogP) is 2.01. The van der Waals surface area contributed by atoms with E-state index in [9.17, 15) is 5.11 Å². The van der Waals surface area contributed by atoms with Crippen molar-refractivity contribution in [2.75, 3.05) is 59.2 Å². The van der Waals surface area contributed by atoms with Crippen molar-refractivity contribution in [2.45, 2.75) is 45.8 Å². The van der Waals surface area contributed by atoms with Crippen LogP contribution in [0.3, 0.4) is 0 Å². The predicted molar refractivity (Wildman–Crippen MR) is 132 cm³/mol. The van der Waals surface area contributed by atoms with Crippen LogP contribution in [0.1, 0.15) is 37.4 Å². The van der Waals surface area contributed by atoms with E-state index in [1.54, 1.807) is 6.92 Å². The van der Waals surface area contributed by atoms with Crippen molar-refractivity contribution in [3.63, 3.8) is 0 Å². The third kappa shape index (κ3) is 7.31. The van der Waals surface area contributed by atoms with E-state index in [2.05, 4.69) is 20.5 Å². The molecular weight excluding hydrogens is 511 g/mol. The number of aliphatic imine (C=N–C) groups is 1. The summed E-state index contributed by atoms with van der Waals surface area (Å²) in [5, 5.41) is 17.8. The zero-order valence-corrected chi connectivity index (χ0v) is 21.6. The Balaban J connectivity index is 0.00000341. The Morgan fingerprint density at radius 1 is 1.26 bits per heavy atom. The first kappa shape index (κ1) is 26.4. The second-order valence-corrected chi connectivity index (χ2v) is 8.52. The van der Waals surface area contributed by atoms with E-state index in [-0.39, 0.29) is 30.5 Å². The van der Waals surface area contributed by atoms with E-state index in [0.717, 1.165) is 76.1 Å². The minimum Gasteiger partial charge on any atom is -0.466 e. The quantitative estimate of drug-likeness (QED) is 0.259. The van der Waals surface area contributed by atoms with Crippen molar-refractivity contribution in [1.82, 2.24) is 15.5 Å². The first-order valence-corrected chi connectivity index (χ1v) is 11.1. The van der Waals surface area contributed by atoms with Crippen LogP contribution in [-0.4, -0.2) is 81.2 Å². The third-order valence-electron chi connectivity index (χ3n) is 6.01. The van der Waals surface area contributed by atoms with E-state index < -0.39 is 5.60 Å². The van der Waals surface area contributed by atoms with Gasteiger partial charge in [-0.2, -0.15) is 0 Å². The van der Waals surface area contributed by atoms with Crippen molar-refractivity contribution in [1.29, 1.82) is 0 Å². The third-order valence-corrected chi connectivity index (χ3v) is 6.01. The zero-order chi connectivity index (χ0) is 21.6. The normalized spacial score (nSPS) is 23.1. The molecule has 3 unspecified atom stereocenters. The molecule has 0 radical (unpaired) electrons. The van der Waals surface area contributed by atoms with Crippen LogP contribution < -0.4 is 10.6 Å². The highest BCUT2D eigenvalue weighted by Crippen LogP contribution is 2.27. The summed E-state index contributed by atoms with van der Waals surface area (Å²) in [6.07, 6.45) is 1.09. The number of nitrogens with one attached hydrogen (secondary N) is 2. The Kier molecular flexibility index (Phi) is 10.5. The van der Waals surface area contributed by atoms with Gasteiger partial charge in [-0.15, -0.1) is 24.0 Å². The Morgan fingerprint density at radius 2 is 2.00 bits per heavy atom. The maximum absolute atomic E-state index is 11.0. The van der Waals surface area contributed by atoms with Gasteiger partial charge in [-0.1, -0.05) is 0 Å². The lowest BCUT2D eigenvalue weighted by Gasteiger charge is -2.37. The van der Waals surface area contributed by atoms with Gasteiger partial charge in [-0.3, -0.25) is 4.90 Å². The topological polar surface area (TPSA) is 91.5 Å². The number of rotatable bonds is 8. The molecule has 3 rings (SSSR count). The number of furan rings is 1. The Morgan fingerprint density at radius 3 is 2.58 bits per heavy atom. The molecule has 2 aliphatic heterocycles. The molecule has 31 heavy (non-hydrogen) atoms. The molecule has 3 N–H and O–H groups in total. The van der Waals surface area contributed by atoms with Crippen molar-refractivity contribution < 1.29 is 19.0 Å². The molecule has 2 fully saturated rings. The molecule has 9 heteroatoms. The highest BCUT2D eigenvalue weighted by atomic mass is 127. The molecule has 178 valence electrons. The lowest BCUT2D eigenvalue weighted by molar-refractivity contribution is 0.00244. The summed E-state index contributed by atoms with van der Waals surface area (Å²) in [4.78, 5) is 7.19.